The van der Waals surface area contributed by atoms with E-state index in [1.54, 1.807) is 0 Å². The second-order valence-electron chi connectivity index (χ2n) is 7.47. The third kappa shape index (κ3) is 8.51. The Balaban J connectivity index is 1.47. The number of rotatable bonds is 11. The van der Waals surface area contributed by atoms with E-state index < -0.39 is 15.9 Å². The van der Waals surface area contributed by atoms with Crippen molar-refractivity contribution in [3.63, 3.8) is 0 Å². The number of hydrazone groups is 1. The van der Waals surface area contributed by atoms with Gasteiger partial charge in [-0.1, -0.05) is 60.7 Å². The van der Waals surface area contributed by atoms with E-state index >= 15 is 0 Å². The number of hydrogen-bond donors (Lipinski definition) is 1. The quantitative estimate of drug-likeness (QED) is 0.348. The molecule has 1 N–H and O–H groups in total. The molecule has 3 aromatic rings. The van der Waals surface area contributed by atoms with Gasteiger partial charge >= 0.3 is 0 Å². The second kappa shape index (κ2) is 11.9. The number of hydrogen-bond acceptors (Lipinski definition) is 5. The Morgan fingerprint density at radius 2 is 1.55 bits per heavy atom. The maximum atomic E-state index is 12.2. The van der Waals surface area contributed by atoms with Crippen LogP contribution in [0.4, 0.5) is 0 Å². The highest BCUT2D eigenvalue weighted by Gasteiger charge is 2.19. The minimum Gasteiger partial charge on any atom is -0.489 e. The van der Waals surface area contributed by atoms with E-state index in [1.165, 1.54) is 6.21 Å². The molecule has 8 heteroatoms. The third-order valence-electron chi connectivity index (χ3n) is 4.81. The molecule has 0 saturated heterocycles. The maximum Gasteiger partial charge on any atom is 0.255 e. The Morgan fingerprint density at radius 3 is 2.15 bits per heavy atom. The predicted molar refractivity (Wildman–Crippen MR) is 130 cm³/mol. The number of carbonyl (C=O) groups excluding carboxylic acids is 1. The summed E-state index contributed by atoms with van der Waals surface area (Å²) in [7, 11) is -3.53. The monoisotopic (exact) mass is 465 g/mol. The van der Waals surface area contributed by atoms with Gasteiger partial charge in [-0.25, -0.2) is 13.8 Å². The third-order valence-corrected chi connectivity index (χ3v) is 6.06. The first-order valence-corrected chi connectivity index (χ1v) is 12.3. The van der Waals surface area contributed by atoms with Gasteiger partial charge in [0.25, 0.3) is 5.91 Å². The van der Waals surface area contributed by atoms with Crippen molar-refractivity contribution < 1.29 is 17.9 Å². The molecular weight excluding hydrogens is 438 g/mol. The molecule has 0 aliphatic carbocycles. The predicted octanol–water partition coefficient (Wildman–Crippen LogP) is 3.22. The molecule has 3 rings (SSSR count). The molecule has 0 aromatic heterocycles. The molecule has 0 radical (unpaired) electrons. The molecule has 33 heavy (non-hydrogen) atoms. The van der Waals surface area contributed by atoms with Gasteiger partial charge in [0.05, 0.1) is 19.0 Å². The van der Waals surface area contributed by atoms with Crippen LogP contribution in [0.3, 0.4) is 0 Å². The zero-order valence-corrected chi connectivity index (χ0v) is 19.2. The number of ether oxygens (including phenoxy) is 1. The lowest BCUT2D eigenvalue weighted by molar-refractivity contribution is -0.121. The molecule has 7 nitrogen and oxygen atoms in total. The normalized spacial score (nSPS) is 11.6. The van der Waals surface area contributed by atoms with Crippen LogP contribution in [0.1, 0.15) is 16.7 Å². The molecular formula is C25H27N3O4S. The number of sulfonamides is 1. The highest BCUT2D eigenvalue weighted by molar-refractivity contribution is 7.88. The lowest BCUT2D eigenvalue weighted by Crippen LogP contribution is -2.40. The van der Waals surface area contributed by atoms with Crippen molar-refractivity contribution >= 4 is 22.1 Å². The van der Waals surface area contributed by atoms with Crippen molar-refractivity contribution in [3.05, 3.63) is 102 Å². The Bertz CT molecular complexity index is 1150. The highest BCUT2D eigenvalue weighted by Crippen LogP contribution is 2.13. The number of nitrogens with zero attached hydrogens (tertiary/aromatic N) is 2. The molecule has 0 spiro atoms. The van der Waals surface area contributed by atoms with Crippen LogP contribution in [0.15, 0.2) is 90.0 Å². The van der Waals surface area contributed by atoms with Gasteiger partial charge in [0, 0.05) is 6.54 Å². The molecule has 0 aliphatic rings. The largest absolute Gasteiger partial charge is 0.489 e. The van der Waals surface area contributed by atoms with E-state index in [0.717, 1.165) is 33.0 Å². The fourth-order valence-electron chi connectivity index (χ4n) is 3.03. The summed E-state index contributed by atoms with van der Waals surface area (Å²) < 4.78 is 31.0. The van der Waals surface area contributed by atoms with Crippen LogP contribution in [0, 0.1) is 0 Å². The average Bonchev–Trinajstić information content (AvgIpc) is 2.82. The fourth-order valence-corrected chi connectivity index (χ4v) is 3.80. The molecule has 0 heterocycles. The van der Waals surface area contributed by atoms with Crippen molar-refractivity contribution in [2.24, 2.45) is 5.10 Å². The van der Waals surface area contributed by atoms with Gasteiger partial charge in [-0.2, -0.15) is 9.41 Å². The van der Waals surface area contributed by atoms with Gasteiger partial charge < -0.3 is 4.74 Å². The summed E-state index contributed by atoms with van der Waals surface area (Å²) in [6, 6.07) is 26.7. The van der Waals surface area contributed by atoms with Crippen LogP contribution in [-0.4, -0.2) is 44.2 Å². The Morgan fingerprint density at radius 1 is 0.939 bits per heavy atom. The molecule has 1 amide bonds. The Kier molecular flexibility index (Phi) is 8.74. The van der Waals surface area contributed by atoms with Gasteiger partial charge in [-0.3, -0.25) is 4.79 Å². The summed E-state index contributed by atoms with van der Waals surface area (Å²) >= 11 is 0. The number of nitrogens with one attached hydrogen (secondary N) is 1. The molecule has 172 valence electrons. The molecule has 3 aromatic carbocycles. The first kappa shape index (κ1) is 24.2. The topological polar surface area (TPSA) is 88.1 Å². The smallest absolute Gasteiger partial charge is 0.255 e. The van der Waals surface area contributed by atoms with E-state index in [4.69, 9.17) is 4.74 Å². The van der Waals surface area contributed by atoms with Crippen LogP contribution in [-0.2, 0) is 27.8 Å². The standard InChI is InChI=1S/C25H27N3O4S/c1-33(30,31)28(17-16-21-8-4-2-5-9-21)19-25(29)27-26-18-22-12-14-24(15-13-22)32-20-23-10-6-3-7-11-23/h2-15,18H,16-17,19-20H2,1H3,(H,27,29). The number of benzene rings is 3. The molecule has 0 saturated carbocycles. The first-order chi connectivity index (χ1) is 15.9. The zero-order chi connectivity index (χ0) is 23.5. The van der Waals surface area contributed by atoms with Gasteiger partial charge in [-0.05, 0) is 47.4 Å². The van der Waals surface area contributed by atoms with Crippen molar-refractivity contribution in [1.29, 1.82) is 0 Å². The summed E-state index contributed by atoms with van der Waals surface area (Å²) in [6.07, 6.45) is 3.10. The molecule has 0 aliphatic heterocycles. The average molecular weight is 466 g/mol. The van der Waals surface area contributed by atoms with Gasteiger partial charge in [0.1, 0.15) is 12.4 Å². The van der Waals surface area contributed by atoms with Gasteiger partial charge in [0.15, 0.2) is 0 Å². The lowest BCUT2D eigenvalue weighted by Gasteiger charge is -2.18. The van der Waals surface area contributed by atoms with E-state index in [9.17, 15) is 13.2 Å². The summed E-state index contributed by atoms with van der Waals surface area (Å²) in [4.78, 5) is 12.2. The Labute approximate surface area is 194 Å². The van der Waals surface area contributed by atoms with Crippen molar-refractivity contribution in [2.45, 2.75) is 13.0 Å². The zero-order valence-electron chi connectivity index (χ0n) is 18.4. The van der Waals surface area contributed by atoms with Crippen molar-refractivity contribution in [1.82, 2.24) is 9.73 Å². The molecule has 0 fully saturated rings. The molecule has 0 bridgehead atoms. The van der Waals surface area contributed by atoms with Gasteiger partial charge in [-0.15, -0.1) is 0 Å². The number of carbonyl (C=O) groups is 1. The van der Waals surface area contributed by atoms with E-state index in [0.29, 0.717) is 13.0 Å². The summed E-state index contributed by atoms with van der Waals surface area (Å²) in [5.41, 5.74) is 5.24. The molecule has 0 atom stereocenters. The van der Waals surface area contributed by atoms with Crippen molar-refractivity contribution in [3.8, 4) is 5.75 Å². The second-order valence-corrected chi connectivity index (χ2v) is 9.45. The highest BCUT2D eigenvalue weighted by atomic mass is 32.2. The summed E-state index contributed by atoms with van der Waals surface area (Å²) in [6.45, 7) is 0.394. The fraction of sp³-hybridized carbons (Fsp3) is 0.200. The van der Waals surface area contributed by atoms with Crippen LogP contribution in [0.5, 0.6) is 5.75 Å². The lowest BCUT2D eigenvalue weighted by atomic mass is 10.1. The SMILES string of the molecule is CS(=O)(=O)N(CCc1ccccc1)CC(=O)NN=Cc1ccc(OCc2ccccc2)cc1. The van der Waals surface area contributed by atoms with Crippen LogP contribution in [0.25, 0.3) is 0 Å². The minimum absolute atomic E-state index is 0.213. The van der Waals surface area contributed by atoms with E-state index in [1.807, 2.05) is 84.9 Å². The van der Waals surface area contributed by atoms with Crippen molar-refractivity contribution in [2.75, 3.05) is 19.3 Å². The van der Waals surface area contributed by atoms with Crippen LogP contribution < -0.4 is 10.2 Å². The minimum atomic E-state index is -3.53. The maximum absolute atomic E-state index is 12.2. The molecule has 0 unspecified atom stereocenters. The van der Waals surface area contributed by atoms with Gasteiger partial charge in [0.2, 0.25) is 10.0 Å². The summed E-state index contributed by atoms with van der Waals surface area (Å²) in [5, 5.41) is 3.93. The van der Waals surface area contributed by atoms with Crippen LogP contribution in [0.2, 0.25) is 0 Å². The first-order valence-electron chi connectivity index (χ1n) is 10.5. The van der Waals surface area contributed by atoms with E-state index in [-0.39, 0.29) is 13.1 Å². The van der Waals surface area contributed by atoms with Crippen LogP contribution >= 0.6 is 0 Å². The number of amides is 1. The summed E-state index contributed by atoms with van der Waals surface area (Å²) in [5.74, 6) is 0.217. The Hall–Kier alpha value is -3.49. The van der Waals surface area contributed by atoms with E-state index in [2.05, 4.69) is 10.5 Å².